The summed E-state index contributed by atoms with van der Waals surface area (Å²) in [6, 6.07) is 9.62. The third-order valence-corrected chi connectivity index (χ3v) is 5.55. The Morgan fingerprint density at radius 3 is 2.39 bits per heavy atom. The maximum Gasteiger partial charge on any atom is 0.261 e. The van der Waals surface area contributed by atoms with Gasteiger partial charge in [0.05, 0.1) is 16.9 Å². The molecule has 5 rings (SSSR count). The predicted molar refractivity (Wildman–Crippen MR) is 111 cm³/mol. The number of hydrogen-bond acceptors (Lipinski definition) is 5. The second-order valence-electron chi connectivity index (χ2n) is 7.39. The van der Waals surface area contributed by atoms with Gasteiger partial charge in [-0.3, -0.25) is 9.59 Å². The molecule has 0 N–H and O–H groups in total. The Morgan fingerprint density at radius 1 is 1.06 bits per heavy atom. The van der Waals surface area contributed by atoms with E-state index in [4.69, 9.17) is 11.2 Å². The van der Waals surface area contributed by atoms with Crippen LogP contribution < -0.4 is 9.64 Å². The Kier molecular flexibility index (Phi) is 4.51. The van der Waals surface area contributed by atoms with Crippen LogP contribution in [0.5, 0.6) is 5.75 Å². The molecule has 2 amide bonds. The van der Waals surface area contributed by atoms with Gasteiger partial charge in [-0.1, -0.05) is 11.1 Å². The molecule has 31 heavy (non-hydrogen) atoms. The number of ether oxygens (including phenoxy) is 1. The van der Waals surface area contributed by atoms with E-state index in [1.807, 2.05) is 0 Å². The summed E-state index contributed by atoms with van der Waals surface area (Å²) in [6.45, 7) is 0.157. The lowest BCUT2D eigenvalue weighted by Crippen LogP contribution is -2.32. The monoisotopic (exact) mass is 416 g/mol. The summed E-state index contributed by atoms with van der Waals surface area (Å²) in [5.41, 5.74) is 2.36. The van der Waals surface area contributed by atoms with Gasteiger partial charge in [-0.05, 0) is 56.0 Å². The van der Waals surface area contributed by atoms with Gasteiger partial charge in [-0.2, -0.15) is 0 Å². The minimum Gasteiger partial charge on any atom is -0.481 e. The molecule has 0 saturated heterocycles. The van der Waals surface area contributed by atoms with Gasteiger partial charge in [-0.15, -0.1) is 11.5 Å². The van der Waals surface area contributed by atoms with Crippen molar-refractivity contribution < 1.29 is 18.7 Å². The smallest absolute Gasteiger partial charge is 0.261 e. The Morgan fingerprint density at radius 2 is 1.74 bits per heavy atom. The first-order chi connectivity index (χ1) is 15.1. The molecule has 2 aliphatic rings. The molecule has 2 heterocycles. The van der Waals surface area contributed by atoms with Crippen molar-refractivity contribution >= 4 is 28.5 Å². The molecule has 7 nitrogen and oxygen atoms in total. The number of terminal acetylenes is 1. The quantitative estimate of drug-likeness (QED) is 0.482. The molecule has 0 spiro atoms. The summed E-state index contributed by atoms with van der Waals surface area (Å²) in [5, 5.41) is 8.13. The maximum atomic E-state index is 14.9. The van der Waals surface area contributed by atoms with E-state index in [-0.39, 0.29) is 12.3 Å². The molecule has 0 atom stereocenters. The third kappa shape index (κ3) is 3.06. The van der Waals surface area contributed by atoms with Gasteiger partial charge >= 0.3 is 0 Å². The molecule has 1 aliphatic heterocycles. The third-order valence-electron chi connectivity index (χ3n) is 5.55. The first kappa shape index (κ1) is 19.0. The first-order valence-corrected chi connectivity index (χ1v) is 9.91. The van der Waals surface area contributed by atoms with Crippen LogP contribution in [0.4, 0.5) is 10.1 Å². The number of halogens is 1. The summed E-state index contributed by atoms with van der Waals surface area (Å²) < 4.78 is 21.8. The zero-order valence-electron chi connectivity index (χ0n) is 16.5. The Balaban J connectivity index is 1.55. The fourth-order valence-corrected chi connectivity index (χ4v) is 4.06. The molecule has 0 radical (unpaired) electrons. The van der Waals surface area contributed by atoms with Gasteiger partial charge in [0.25, 0.3) is 11.8 Å². The lowest BCUT2D eigenvalue weighted by Gasteiger charge is -2.16. The van der Waals surface area contributed by atoms with E-state index in [0.717, 1.165) is 17.7 Å². The van der Waals surface area contributed by atoms with Crippen LogP contribution in [-0.2, 0) is 9.59 Å². The van der Waals surface area contributed by atoms with Crippen molar-refractivity contribution in [3.05, 3.63) is 53.4 Å². The van der Waals surface area contributed by atoms with Crippen molar-refractivity contribution in [3.8, 4) is 23.8 Å². The predicted octanol–water partition coefficient (Wildman–Crippen LogP) is 3.32. The average Bonchev–Trinajstić information content (AvgIpc) is 3.31. The van der Waals surface area contributed by atoms with Gasteiger partial charge in [0.1, 0.15) is 23.7 Å². The number of anilines is 1. The standard InChI is InChI=1S/C23H17FN4O3/c1-2-11-31-15-9-7-14(8-10-15)28-21-13-20(18(24)12-19(21)25-26-28)27-22(29)16-5-3-4-6-17(16)23(27)30/h1,7-10,12-13H,3-6,11H2. The zero-order chi connectivity index (χ0) is 21.5. The Hall–Kier alpha value is -3.99. The lowest BCUT2D eigenvalue weighted by atomic mass is 9.93. The van der Waals surface area contributed by atoms with Crippen molar-refractivity contribution in [2.75, 3.05) is 11.5 Å². The largest absolute Gasteiger partial charge is 0.481 e. The highest BCUT2D eigenvalue weighted by atomic mass is 19.1. The van der Waals surface area contributed by atoms with Crippen LogP contribution in [0.3, 0.4) is 0 Å². The number of rotatable bonds is 4. The fraction of sp³-hybridized carbons (Fsp3) is 0.217. The van der Waals surface area contributed by atoms with Crippen LogP contribution in [0.25, 0.3) is 16.7 Å². The average molecular weight is 416 g/mol. The summed E-state index contributed by atoms with van der Waals surface area (Å²) in [6.07, 6.45) is 8.00. The van der Waals surface area contributed by atoms with E-state index in [0.29, 0.717) is 46.5 Å². The molecule has 0 saturated carbocycles. The van der Waals surface area contributed by atoms with E-state index in [1.165, 1.54) is 16.8 Å². The van der Waals surface area contributed by atoms with Crippen LogP contribution in [0.2, 0.25) is 0 Å². The summed E-state index contributed by atoms with van der Waals surface area (Å²) in [5.74, 6) is 1.43. The second kappa shape index (κ2) is 7.36. The highest BCUT2D eigenvalue weighted by molar-refractivity contribution is 6.33. The molecule has 2 aromatic carbocycles. The van der Waals surface area contributed by atoms with Crippen LogP contribution in [0.1, 0.15) is 25.7 Å². The number of amides is 2. The van der Waals surface area contributed by atoms with Gasteiger partial charge < -0.3 is 4.74 Å². The van der Waals surface area contributed by atoms with Gasteiger partial charge in [-0.25, -0.2) is 14.0 Å². The van der Waals surface area contributed by atoms with Crippen molar-refractivity contribution in [2.24, 2.45) is 0 Å². The summed E-state index contributed by atoms with van der Waals surface area (Å²) >= 11 is 0. The number of imide groups is 1. The van der Waals surface area contributed by atoms with Crippen LogP contribution >= 0.6 is 0 Å². The van der Waals surface area contributed by atoms with E-state index in [1.54, 1.807) is 24.3 Å². The number of carbonyl (C=O) groups excluding carboxylic acids is 2. The summed E-state index contributed by atoms with van der Waals surface area (Å²) in [4.78, 5) is 26.7. The number of nitrogens with zero attached hydrogens (tertiary/aromatic N) is 4. The molecule has 0 unspecified atom stereocenters. The minimum absolute atomic E-state index is 0.0885. The molecule has 154 valence electrons. The van der Waals surface area contributed by atoms with E-state index >= 15 is 0 Å². The number of benzene rings is 2. The second-order valence-corrected chi connectivity index (χ2v) is 7.39. The first-order valence-electron chi connectivity index (χ1n) is 9.91. The molecular formula is C23H17FN4O3. The maximum absolute atomic E-state index is 14.9. The number of carbonyl (C=O) groups is 2. The highest BCUT2D eigenvalue weighted by Gasteiger charge is 2.41. The Labute approximate surface area is 177 Å². The molecular weight excluding hydrogens is 399 g/mol. The minimum atomic E-state index is -0.695. The van der Waals surface area contributed by atoms with Crippen molar-refractivity contribution in [3.63, 3.8) is 0 Å². The van der Waals surface area contributed by atoms with Gasteiger partial charge in [0.15, 0.2) is 0 Å². The molecule has 1 aliphatic carbocycles. The van der Waals surface area contributed by atoms with Crippen molar-refractivity contribution in [1.29, 1.82) is 0 Å². The fourth-order valence-electron chi connectivity index (χ4n) is 4.06. The Bertz CT molecular complexity index is 1270. The highest BCUT2D eigenvalue weighted by Crippen LogP contribution is 2.37. The number of fused-ring (bicyclic) bond motifs is 1. The number of hydrogen-bond donors (Lipinski definition) is 0. The van der Waals surface area contributed by atoms with E-state index in [9.17, 15) is 14.0 Å². The van der Waals surface area contributed by atoms with Crippen LogP contribution in [0.15, 0.2) is 47.5 Å². The SMILES string of the molecule is C#CCOc1ccc(-n2nnc3cc(F)c(N4C(=O)C5=C(CCCC5)C4=O)cc32)cc1. The topological polar surface area (TPSA) is 77.3 Å². The van der Waals surface area contributed by atoms with Crippen molar-refractivity contribution in [2.45, 2.75) is 25.7 Å². The zero-order valence-corrected chi connectivity index (χ0v) is 16.5. The molecule has 0 fully saturated rings. The number of aromatic nitrogens is 3. The van der Waals surface area contributed by atoms with Crippen LogP contribution in [-0.4, -0.2) is 33.4 Å². The normalized spacial score (nSPS) is 16.1. The van der Waals surface area contributed by atoms with E-state index < -0.39 is 17.6 Å². The summed E-state index contributed by atoms with van der Waals surface area (Å²) in [7, 11) is 0. The lowest BCUT2D eigenvalue weighted by molar-refractivity contribution is -0.120. The van der Waals surface area contributed by atoms with Gasteiger partial charge in [0, 0.05) is 17.2 Å². The molecule has 8 heteroatoms. The molecule has 0 bridgehead atoms. The van der Waals surface area contributed by atoms with Gasteiger partial charge in [0.2, 0.25) is 0 Å². The van der Waals surface area contributed by atoms with E-state index in [2.05, 4.69) is 16.2 Å². The molecule has 1 aromatic heterocycles. The molecule has 3 aromatic rings. The van der Waals surface area contributed by atoms with Crippen LogP contribution in [0, 0.1) is 18.2 Å². The van der Waals surface area contributed by atoms with Crippen molar-refractivity contribution in [1.82, 2.24) is 15.0 Å².